The second-order valence-corrected chi connectivity index (χ2v) is 7.47. The lowest BCUT2D eigenvalue weighted by Gasteiger charge is -2.17. The second-order valence-electron chi connectivity index (χ2n) is 7.47. The number of nitrogens with zero attached hydrogens (tertiary/aromatic N) is 3. The van der Waals surface area contributed by atoms with Gasteiger partial charge in [0.25, 0.3) is 0 Å². The molecule has 2 aromatic carbocycles. The van der Waals surface area contributed by atoms with Crippen LogP contribution in [0.2, 0.25) is 0 Å². The molecule has 2 aromatic heterocycles. The van der Waals surface area contributed by atoms with Gasteiger partial charge in [-0.15, -0.1) is 0 Å². The molecular formula is C23H18F4N4. The number of benzene rings is 2. The zero-order valence-corrected chi connectivity index (χ0v) is 16.8. The van der Waals surface area contributed by atoms with Gasteiger partial charge in [-0.3, -0.25) is 0 Å². The summed E-state index contributed by atoms with van der Waals surface area (Å²) in [7, 11) is 0. The standard InChI is InChI=1S/C23H18F4N4/c1-12(2)10-28-20-19(18-15(25)8-14(24)9-16(18)26)22(27)31-23-21(20)30-17(11-29-23)13-6-4-3-5-7-13/h3-9,11-12H,10H2,1-2H3,(H,28,29,31). The molecule has 0 saturated carbocycles. The average Bonchev–Trinajstić information content (AvgIpc) is 2.72. The van der Waals surface area contributed by atoms with Crippen molar-refractivity contribution in [2.24, 2.45) is 5.92 Å². The molecule has 0 aliphatic heterocycles. The molecule has 158 valence electrons. The number of nitrogens with one attached hydrogen (secondary N) is 1. The molecule has 4 nitrogen and oxygen atoms in total. The third-order valence-electron chi connectivity index (χ3n) is 4.66. The quantitative estimate of drug-likeness (QED) is 0.315. The van der Waals surface area contributed by atoms with Crippen molar-refractivity contribution in [3.63, 3.8) is 0 Å². The van der Waals surface area contributed by atoms with E-state index in [-0.39, 0.29) is 22.8 Å². The molecular weight excluding hydrogens is 408 g/mol. The van der Waals surface area contributed by atoms with E-state index in [0.717, 1.165) is 5.56 Å². The normalized spacial score (nSPS) is 11.3. The Morgan fingerprint density at radius 3 is 2.23 bits per heavy atom. The number of pyridine rings is 1. The molecule has 31 heavy (non-hydrogen) atoms. The Morgan fingerprint density at radius 1 is 0.903 bits per heavy atom. The van der Waals surface area contributed by atoms with Crippen molar-refractivity contribution >= 4 is 16.9 Å². The third-order valence-corrected chi connectivity index (χ3v) is 4.66. The second kappa shape index (κ2) is 8.29. The molecule has 0 radical (unpaired) electrons. The summed E-state index contributed by atoms with van der Waals surface area (Å²) in [6.07, 6.45) is 1.45. The van der Waals surface area contributed by atoms with Gasteiger partial charge in [-0.05, 0) is 5.92 Å². The molecule has 0 aliphatic rings. The number of hydrogen-bond donors (Lipinski definition) is 1. The lowest BCUT2D eigenvalue weighted by Crippen LogP contribution is -2.12. The molecule has 0 atom stereocenters. The van der Waals surface area contributed by atoms with Crippen molar-refractivity contribution in [1.82, 2.24) is 15.0 Å². The molecule has 0 spiro atoms. The molecule has 0 unspecified atom stereocenters. The van der Waals surface area contributed by atoms with Gasteiger partial charge >= 0.3 is 0 Å². The summed E-state index contributed by atoms with van der Waals surface area (Å²) in [6, 6.07) is 10.2. The predicted octanol–water partition coefficient (Wildman–Crippen LogP) is 5.98. The average molecular weight is 426 g/mol. The maximum Gasteiger partial charge on any atom is 0.225 e. The van der Waals surface area contributed by atoms with Crippen LogP contribution in [-0.2, 0) is 0 Å². The van der Waals surface area contributed by atoms with Crippen LogP contribution in [0, 0.1) is 29.3 Å². The Balaban J connectivity index is 2.03. The smallest absolute Gasteiger partial charge is 0.225 e. The first-order chi connectivity index (χ1) is 14.8. The van der Waals surface area contributed by atoms with E-state index in [4.69, 9.17) is 0 Å². The summed E-state index contributed by atoms with van der Waals surface area (Å²) >= 11 is 0. The minimum absolute atomic E-state index is 0.0184. The Hall–Kier alpha value is -3.55. The SMILES string of the molecule is CC(C)CNc1c(-c2c(F)cc(F)cc2F)c(F)nc2ncc(-c3ccccc3)nc12. The van der Waals surface area contributed by atoms with Gasteiger partial charge in [0.05, 0.1) is 28.7 Å². The molecule has 0 fully saturated rings. The summed E-state index contributed by atoms with van der Waals surface area (Å²) in [4.78, 5) is 12.5. The van der Waals surface area contributed by atoms with Crippen LogP contribution in [0.25, 0.3) is 33.5 Å². The highest BCUT2D eigenvalue weighted by Gasteiger charge is 2.25. The molecule has 0 amide bonds. The van der Waals surface area contributed by atoms with E-state index in [1.165, 1.54) is 6.20 Å². The summed E-state index contributed by atoms with van der Waals surface area (Å²) in [5, 5.41) is 3.03. The number of fused-ring (bicyclic) bond motifs is 1. The molecule has 4 rings (SSSR count). The third kappa shape index (κ3) is 4.05. The van der Waals surface area contributed by atoms with E-state index in [9.17, 15) is 13.2 Å². The number of rotatable bonds is 5. The largest absolute Gasteiger partial charge is 0.382 e. The van der Waals surface area contributed by atoms with E-state index in [2.05, 4.69) is 20.3 Å². The Morgan fingerprint density at radius 2 is 1.58 bits per heavy atom. The number of halogens is 4. The zero-order chi connectivity index (χ0) is 22.1. The van der Waals surface area contributed by atoms with E-state index in [1.54, 1.807) is 0 Å². The van der Waals surface area contributed by atoms with Gasteiger partial charge in [0.1, 0.15) is 23.0 Å². The number of aromatic nitrogens is 3. The van der Waals surface area contributed by atoms with Crippen LogP contribution >= 0.6 is 0 Å². The molecule has 4 aromatic rings. The van der Waals surface area contributed by atoms with Crippen molar-refractivity contribution in [3.05, 3.63) is 72.1 Å². The van der Waals surface area contributed by atoms with Crippen LogP contribution in [0.4, 0.5) is 23.2 Å². The molecule has 1 N–H and O–H groups in total. The van der Waals surface area contributed by atoms with Crippen LogP contribution in [0.3, 0.4) is 0 Å². The molecule has 2 heterocycles. The van der Waals surface area contributed by atoms with Crippen LogP contribution in [0.5, 0.6) is 0 Å². The van der Waals surface area contributed by atoms with Gasteiger partial charge in [-0.25, -0.2) is 23.1 Å². The highest BCUT2D eigenvalue weighted by Crippen LogP contribution is 2.38. The fraction of sp³-hybridized carbons (Fsp3) is 0.174. The lowest BCUT2D eigenvalue weighted by molar-refractivity contribution is 0.542. The van der Waals surface area contributed by atoms with Crippen LogP contribution in [0.15, 0.2) is 48.7 Å². The number of hydrogen-bond acceptors (Lipinski definition) is 4. The van der Waals surface area contributed by atoms with Gasteiger partial charge in [-0.1, -0.05) is 44.2 Å². The fourth-order valence-corrected chi connectivity index (χ4v) is 3.24. The maximum atomic E-state index is 15.0. The van der Waals surface area contributed by atoms with Gasteiger partial charge in [-0.2, -0.15) is 9.37 Å². The Bertz CT molecular complexity index is 1240. The monoisotopic (exact) mass is 426 g/mol. The van der Waals surface area contributed by atoms with Gasteiger partial charge < -0.3 is 5.32 Å². The van der Waals surface area contributed by atoms with Crippen molar-refractivity contribution in [3.8, 4) is 22.4 Å². The Kier molecular flexibility index (Phi) is 5.54. The fourth-order valence-electron chi connectivity index (χ4n) is 3.24. The topological polar surface area (TPSA) is 50.7 Å². The highest BCUT2D eigenvalue weighted by molar-refractivity contribution is 5.96. The van der Waals surface area contributed by atoms with Crippen LogP contribution < -0.4 is 5.32 Å². The minimum Gasteiger partial charge on any atom is -0.382 e. The zero-order valence-electron chi connectivity index (χ0n) is 16.8. The maximum absolute atomic E-state index is 15.0. The van der Waals surface area contributed by atoms with Crippen molar-refractivity contribution < 1.29 is 17.6 Å². The first-order valence-electron chi connectivity index (χ1n) is 9.65. The van der Waals surface area contributed by atoms with E-state index < -0.39 is 34.5 Å². The van der Waals surface area contributed by atoms with E-state index in [1.807, 2.05) is 44.2 Å². The highest BCUT2D eigenvalue weighted by atomic mass is 19.1. The van der Waals surface area contributed by atoms with E-state index in [0.29, 0.717) is 24.4 Å². The number of anilines is 1. The van der Waals surface area contributed by atoms with Gasteiger partial charge in [0.2, 0.25) is 5.95 Å². The molecule has 0 saturated heterocycles. The van der Waals surface area contributed by atoms with Crippen molar-refractivity contribution in [2.45, 2.75) is 13.8 Å². The van der Waals surface area contributed by atoms with Crippen molar-refractivity contribution in [2.75, 3.05) is 11.9 Å². The summed E-state index contributed by atoms with van der Waals surface area (Å²) in [5.74, 6) is -4.58. The van der Waals surface area contributed by atoms with Gasteiger partial charge in [0, 0.05) is 24.2 Å². The molecule has 0 bridgehead atoms. The lowest BCUT2D eigenvalue weighted by atomic mass is 10.0. The first-order valence-corrected chi connectivity index (χ1v) is 9.65. The summed E-state index contributed by atoms with van der Waals surface area (Å²) in [6.45, 7) is 4.21. The molecule has 8 heteroatoms. The van der Waals surface area contributed by atoms with Crippen LogP contribution in [-0.4, -0.2) is 21.5 Å². The van der Waals surface area contributed by atoms with Crippen molar-refractivity contribution in [1.29, 1.82) is 0 Å². The predicted molar refractivity (Wildman–Crippen MR) is 111 cm³/mol. The summed E-state index contributed by atoms with van der Waals surface area (Å²) in [5.41, 5.74) is 0.258. The summed E-state index contributed by atoms with van der Waals surface area (Å²) < 4.78 is 57.6. The first kappa shape index (κ1) is 20.7. The van der Waals surface area contributed by atoms with Gasteiger partial charge in [0.15, 0.2) is 5.65 Å². The minimum atomic E-state index is -1.24. The Labute approximate surface area is 176 Å². The van der Waals surface area contributed by atoms with Crippen LogP contribution in [0.1, 0.15) is 13.8 Å². The van der Waals surface area contributed by atoms with E-state index >= 15 is 4.39 Å². The molecule has 0 aliphatic carbocycles.